The van der Waals surface area contributed by atoms with Crippen LogP contribution in [0.25, 0.3) is 5.65 Å². The zero-order chi connectivity index (χ0) is 16.7. The molecule has 4 heterocycles. The molecule has 1 saturated heterocycles. The van der Waals surface area contributed by atoms with Crippen molar-refractivity contribution in [3.8, 4) is 0 Å². The molecule has 0 bridgehead atoms. The summed E-state index contributed by atoms with van der Waals surface area (Å²) in [6.07, 6.45) is 6.38. The van der Waals surface area contributed by atoms with Crippen LogP contribution in [0.2, 0.25) is 0 Å². The van der Waals surface area contributed by atoms with E-state index in [4.69, 9.17) is 9.51 Å². The fourth-order valence-electron chi connectivity index (χ4n) is 3.33. The zero-order valence-corrected chi connectivity index (χ0v) is 14.4. The standard InChI is InChI=1S/C18H23N5O/c1-12(2)17-20-18(24-21-17)15-5-4-7-22(15)10-14-11-23-8-6-13(3)9-16(23)19-14/h6,8-9,11-12,15H,4-5,7,10H2,1-3H3/t15-/m1/s1. The van der Waals surface area contributed by atoms with Crippen molar-refractivity contribution in [1.29, 1.82) is 0 Å². The smallest absolute Gasteiger partial charge is 0.244 e. The molecule has 6 nitrogen and oxygen atoms in total. The first-order valence-corrected chi connectivity index (χ1v) is 8.62. The summed E-state index contributed by atoms with van der Waals surface area (Å²) in [4.78, 5) is 11.7. The van der Waals surface area contributed by atoms with Gasteiger partial charge in [-0.2, -0.15) is 4.98 Å². The van der Waals surface area contributed by atoms with E-state index in [0.29, 0.717) is 5.92 Å². The minimum atomic E-state index is 0.205. The normalized spacial score (nSPS) is 18.9. The van der Waals surface area contributed by atoms with E-state index in [0.717, 1.165) is 49.0 Å². The molecule has 0 radical (unpaired) electrons. The first-order valence-electron chi connectivity index (χ1n) is 8.62. The fraction of sp³-hybridized carbons (Fsp3) is 0.500. The van der Waals surface area contributed by atoms with Gasteiger partial charge in [0.05, 0.1) is 11.7 Å². The van der Waals surface area contributed by atoms with Gasteiger partial charge in [-0.25, -0.2) is 4.98 Å². The number of imidazole rings is 1. The quantitative estimate of drug-likeness (QED) is 0.735. The second kappa shape index (κ2) is 6.02. The Morgan fingerprint density at radius 2 is 2.21 bits per heavy atom. The van der Waals surface area contributed by atoms with E-state index in [9.17, 15) is 0 Å². The Hall–Kier alpha value is -2.21. The van der Waals surface area contributed by atoms with Gasteiger partial charge in [0.2, 0.25) is 5.89 Å². The van der Waals surface area contributed by atoms with E-state index in [-0.39, 0.29) is 6.04 Å². The number of aromatic nitrogens is 4. The number of nitrogens with zero attached hydrogens (tertiary/aromatic N) is 5. The Morgan fingerprint density at radius 1 is 1.33 bits per heavy atom. The molecule has 1 aliphatic heterocycles. The highest BCUT2D eigenvalue weighted by Gasteiger charge is 2.31. The number of aryl methyl sites for hydroxylation is 1. The van der Waals surface area contributed by atoms with Crippen LogP contribution in [0.3, 0.4) is 0 Å². The second-order valence-corrected chi connectivity index (χ2v) is 6.98. The Balaban J connectivity index is 1.55. The largest absolute Gasteiger partial charge is 0.338 e. The second-order valence-electron chi connectivity index (χ2n) is 6.98. The molecular weight excluding hydrogens is 302 g/mol. The lowest BCUT2D eigenvalue weighted by Gasteiger charge is -2.20. The number of hydrogen-bond acceptors (Lipinski definition) is 5. The first-order chi connectivity index (χ1) is 11.6. The van der Waals surface area contributed by atoms with Crippen molar-refractivity contribution in [3.63, 3.8) is 0 Å². The van der Waals surface area contributed by atoms with Gasteiger partial charge >= 0.3 is 0 Å². The van der Waals surface area contributed by atoms with Gasteiger partial charge in [-0.1, -0.05) is 19.0 Å². The molecule has 1 atom stereocenters. The summed E-state index contributed by atoms with van der Waals surface area (Å²) < 4.78 is 7.60. The molecule has 0 aliphatic carbocycles. The van der Waals surface area contributed by atoms with E-state index in [1.165, 1.54) is 5.56 Å². The third-order valence-corrected chi connectivity index (χ3v) is 4.65. The van der Waals surface area contributed by atoms with Crippen LogP contribution in [-0.4, -0.2) is 31.0 Å². The van der Waals surface area contributed by atoms with Crippen LogP contribution < -0.4 is 0 Å². The van der Waals surface area contributed by atoms with Crippen molar-refractivity contribution in [3.05, 3.63) is 47.5 Å². The van der Waals surface area contributed by atoms with E-state index in [2.05, 4.69) is 64.7 Å². The van der Waals surface area contributed by atoms with Crippen molar-refractivity contribution in [2.75, 3.05) is 6.54 Å². The fourth-order valence-corrected chi connectivity index (χ4v) is 3.33. The van der Waals surface area contributed by atoms with E-state index >= 15 is 0 Å². The summed E-state index contributed by atoms with van der Waals surface area (Å²) in [6.45, 7) is 8.11. The number of rotatable bonds is 4. The Labute approximate surface area is 141 Å². The average molecular weight is 325 g/mol. The predicted octanol–water partition coefficient (Wildman–Crippen LogP) is 3.49. The lowest BCUT2D eigenvalue weighted by molar-refractivity contribution is 0.199. The minimum absolute atomic E-state index is 0.205. The summed E-state index contributed by atoms with van der Waals surface area (Å²) in [5.41, 5.74) is 3.31. The third kappa shape index (κ3) is 2.82. The van der Waals surface area contributed by atoms with E-state index in [1.807, 2.05) is 0 Å². The van der Waals surface area contributed by atoms with Gasteiger partial charge in [0.1, 0.15) is 5.65 Å². The minimum Gasteiger partial charge on any atom is -0.338 e. The van der Waals surface area contributed by atoms with E-state index < -0.39 is 0 Å². The van der Waals surface area contributed by atoms with Gasteiger partial charge in [0.15, 0.2) is 5.82 Å². The summed E-state index contributed by atoms with van der Waals surface area (Å²) in [5, 5.41) is 4.11. The monoisotopic (exact) mass is 325 g/mol. The van der Waals surface area contributed by atoms with Gasteiger partial charge in [-0.15, -0.1) is 0 Å². The summed E-state index contributed by atoms with van der Waals surface area (Å²) in [5.74, 6) is 1.83. The van der Waals surface area contributed by atoms with Crippen LogP contribution in [0.4, 0.5) is 0 Å². The molecule has 0 unspecified atom stereocenters. The average Bonchev–Trinajstić information content (AvgIpc) is 3.24. The Kier molecular flexibility index (Phi) is 3.84. The molecule has 0 N–H and O–H groups in total. The lowest BCUT2D eigenvalue weighted by Crippen LogP contribution is -2.23. The van der Waals surface area contributed by atoms with Crippen molar-refractivity contribution in [1.82, 2.24) is 24.4 Å². The van der Waals surface area contributed by atoms with E-state index in [1.54, 1.807) is 0 Å². The highest BCUT2D eigenvalue weighted by molar-refractivity contribution is 5.42. The molecule has 24 heavy (non-hydrogen) atoms. The molecule has 0 aromatic carbocycles. The predicted molar refractivity (Wildman–Crippen MR) is 90.7 cm³/mol. The zero-order valence-electron chi connectivity index (χ0n) is 14.4. The first kappa shape index (κ1) is 15.3. The van der Waals surface area contributed by atoms with Crippen molar-refractivity contribution in [2.45, 2.75) is 52.1 Å². The molecule has 0 saturated carbocycles. The van der Waals surface area contributed by atoms with Crippen LogP contribution in [0, 0.1) is 6.92 Å². The van der Waals surface area contributed by atoms with Gasteiger partial charge in [-0.3, -0.25) is 4.90 Å². The Morgan fingerprint density at radius 3 is 3.00 bits per heavy atom. The molecule has 6 heteroatoms. The molecule has 1 aliphatic rings. The topological polar surface area (TPSA) is 59.5 Å². The highest BCUT2D eigenvalue weighted by Crippen LogP contribution is 2.32. The Bertz CT molecular complexity index is 850. The van der Waals surface area contributed by atoms with Gasteiger partial charge in [0.25, 0.3) is 0 Å². The maximum absolute atomic E-state index is 5.52. The van der Waals surface area contributed by atoms with Gasteiger partial charge in [-0.05, 0) is 44.0 Å². The van der Waals surface area contributed by atoms with Crippen molar-refractivity contribution < 1.29 is 4.52 Å². The van der Waals surface area contributed by atoms with Gasteiger partial charge < -0.3 is 8.92 Å². The maximum atomic E-state index is 5.52. The molecule has 3 aromatic rings. The van der Waals surface area contributed by atoms with Crippen LogP contribution in [0.15, 0.2) is 29.0 Å². The third-order valence-electron chi connectivity index (χ3n) is 4.65. The molecule has 1 fully saturated rings. The number of likely N-dealkylation sites (tertiary alicyclic amines) is 1. The maximum Gasteiger partial charge on any atom is 0.244 e. The van der Waals surface area contributed by atoms with Crippen LogP contribution >= 0.6 is 0 Å². The number of hydrogen-bond donors (Lipinski definition) is 0. The highest BCUT2D eigenvalue weighted by atomic mass is 16.5. The van der Waals surface area contributed by atoms with Crippen molar-refractivity contribution >= 4 is 5.65 Å². The van der Waals surface area contributed by atoms with Crippen LogP contribution in [0.5, 0.6) is 0 Å². The van der Waals surface area contributed by atoms with Crippen LogP contribution in [0.1, 0.15) is 61.6 Å². The summed E-state index contributed by atoms with van der Waals surface area (Å²) in [6, 6.07) is 4.41. The molecule has 3 aromatic heterocycles. The van der Waals surface area contributed by atoms with Gasteiger partial charge in [0, 0.05) is 24.9 Å². The number of fused-ring (bicyclic) bond motifs is 1. The summed E-state index contributed by atoms with van der Waals surface area (Å²) >= 11 is 0. The van der Waals surface area contributed by atoms with Crippen molar-refractivity contribution in [2.24, 2.45) is 0 Å². The molecular formula is C18H23N5O. The molecule has 0 amide bonds. The molecule has 0 spiro atoms. The lowest BCUT2D eigenvalue weighted by atomic mass is 10.2. The van der Waals surface area contributed by atoms with Crippen LogP contribution in [-0.2, 0) is 6.54 Å². The summed E-state index contributed by atoms with van der Waals surface area (Å²) in [7, 11) is 0. The molecule has 126 valence electrons. The molecule has 4 rings (SSSR count). The number of pyridine rings is 1. The SMILES string of the molecule is Cc1ccn2cc(CN3CCC[C@@H]3c3nc(C(C)C)no3)nc2c1.